The lowest BCUT2D eigenvalue weighted by atomic mass is 9.78. The third kappa shape index (κ3) is 2.98. The maximum Gasteiger partial charge on any atom is 0.243 e. The van der Waals surface area contributed by atoms with E-state index >= 15 is 0 Å². The number of nitrogens with zero attached hydrogens (tertiary/aromatic N) is 2. The number of carbonyl (C=O) groups is 1. The van der Waals surface area contributed by atoms with E-state index in [4.69, 9.17) is 4.74 Å². The molecule has 1 aliphatic carbocycles. The normalized spacial score (nSPS) is 29.4. The van der Waals surface area contributed by atoms with E-state index < -0.39 is 5.41 Å². The van der Waals surface area contributed by atoms with Gasteiger partial charge in [0.25, 0.3) is 0 Å². The second-order valence-corrected chi connectivity index (χ2v) is 6.31. The summed E-state index contributed by atoms with van der Waals surface area (Å²) in [5, 5.41) is 9.49. The lowest BCUT2D eigenvalue weighted by Gasteiger charge is -2.39. The minimum absolute atomic E-state index is 0.0169. The summed E-state index contributed by atoms with van der Waals surface area (Å²) in [6, 6.07) is 2.60. The molecule has 0 aromatic rings. The molecule has 1 heterocycles. The van der Waals surface area contributed by atoms with Gasteiger partial charge < -0.3 is 9.64 Å². The molecule has 0 aromatic carbocycles. The smallest absolute Gasteiger partial charge is 0.243 e. The first-order valence-corrected chi connectivity index (χ1v) is 7.89. The molecule has 0 radical (unpaired) electrons. The molecule has 1 aliphatic heterocycles. The molecule has 0 N–H and O–H groups in total. The van der Waals surface area contributed by atoms with E-state index in [0.29, 0.717) is 32.1 Å². The minimum atomic E-state index is -0.839. The van der Waals surface area contributed by atoms with Crippen molar-refractivity contribution in [3.63, 3.8) is 0 Å². The molecule has 0 aromatic heterocycles. The molecule has 112 valence electrons. The van der Waals surface area contributed by atoms with Gasteiger partial charge in [-0.15, -0.1) is 0 Å². The average Bonchev–Trinajstić information content (AvgIpc) is 2.54. The van der Waals surface area contributed by atoms with Crippen LogP contribution in [0.5, 0.6) is 0 Å². The Hall–Kier alpha value is -1.08. The van der Waals surface area contributed by atoms with E-state index in [9.17, 15) is 10.1 Å². The zero-order chi connectivity index (χ0) is 14.6. The number of hydrogen-bond acceptors (Lipinski definition) is 3. The van der Waals surface area contributed by atoms with Crippen molar-refractivity contribution in [2.45, 2.75) is 57.9 Å². The molecular formula is C16H26N2O2. The van der Waals surface area contributed by atoms with Crippen LogP contribution < -0.4 is 0 Å². The maximum absolute atomic E-state index is 12.7. The van der Waals surface area contributed by atoms with E-state index in [2.05, 4.69) is 13.0 Å². The number of nitriles is 1. The van der Waals surface area contributed by atoms with Gasteiger partial charge in [-0.2, -0.15) is 5.26 Å². The first kappa shape index (κ1) is 15.3. The molecule has 1 saturated carbocycles. The molecule has 0 atom stereocenters. The molecule has 0 unspecified atom stereocenters. The zero-order valence-electron chi connectivity index (χ0n) is 12.7. The van der Waals surface area contributed by atoms with Crippen LogP contribution in [0.1, 0.15) is 51.9 Å². The first-order valence-electron chi connectivity index (χ1n) is 7.89. The van der Waals surface area contributed by atoms with Crippen LogP contribution in [0.4, 0.5) is 0 Å². The summed E-state index contributed by atoms with van der Waals surface area (Å²) >= 11 is 0. The van der Waals surface area contributed by atoms with Gasteiger partial charge in [-0.3, -0.25) is 4.79 Å². The van der Waals surface area contributed by atoms with E-state index in [1.165, 1.54) is 19.3 Å². The lowest BCUT2D eigenvalue weighted by molar-refractivity contribution is -0.145. The number of carbonyl (C=O) groups excluding carboxylic acids is 1. The molecule has 4 nitrogen and oxygen atoms in total. The molecule has 1 saturated heterocycles. The summed E-state index contributed by atoms with van der Waals surface area (Å²) in [6.07, 6.45) is 6.90. The summed E-state index contributed by atoms with van der Waals surface area (Å²) < 4.78 is 5.31. The fourth-order valence-electron chi connectivity index (χ4n) is 3.54. The average molecular weight is 278 g/mol. The van der Waals surface area contributed by atoms with Crippen molar-refractivity contribution in [3.05, 3.63) is 0 Å². The van der Waals surface area contributed by atoms with Crippen LogP contribution in [0.25, 0.3) is 0 Å². The van der Waals surface area contributed by atoms with Crippen LogP contribution in [0, 0.1) is 22.7 Å². The fourth-order valence-corrected chi connectivity index (χ4v) is 3.54. The van der Waals surface area contributed by atoms with Gasteiger partial charge in [-0.05, 0) is 44.4 Å². The Morgan fingerprint density at radius 3 is 2.40 bits per heavy atom. The van der Waals surface area contributed by atoms with Gasteiger partial charge in [0, 0.05) is 26.3 Å². The summed E-state index contributed by atoms with van der Waals surface area (Å²) in [5.41, 5.74) is -0.839. The number of hydrogen-bond donors (Lipinski definition) is 0. The van der Waals surface area contributed by atoms with Crippen molar-refractivity contribution >= 4 is 5.91 Å². The van der Waals surface area contributed by atoms with Gasteiger partial charge in [0.2, 0.25) is 5.91 Å². The van der Waals surface area contributed by atoms with Crippen LogP contribution in [0.2, 0.25) is 0 Å². The first-order chi connectivity index (χ1) is 9.63. The third-order valence-corrected chi connectivity index (χ3v) is 5.23. The van der Waals surface area contributed by atoms with Crippen LogP contribution in [0.15, 0.2) is 0 Å². The minimum Gasteiger partial charge on any atom is -0.381 e. The molecule has 2 rings (SSSR count). The van der Waals surface area contributed by atoms with Crippen molar-refractivity contribution in [2.24, 2.45) is 11.3 Å². The van der Waals surface area contributed by atoms with Gasteiger partial charge in [0.05, 0.1) is 6.07 Å². The van der Waals surface area contributed by atoms with Gasteiger partial charge >= 0.3 is 0 Å². The van der Waals surface area contributed by atoms with E-state index in [1.54, 1.807) is 0 Å². The van der Waals surface area contributed by atoms with Crippen molar-refractivity contribution in [1.29, 1.82) is 5.26 Å². The van der Waals surface area contributed by atoms with Gasteiger partial charge in [-0.1, -0.05) is 13.3 Å². The van der Waals surface area contributed by atoms with Crippen molar-refractivity contribution in [1.82, 2.24) is 4.90 Å². The van der Waals surface area contributed by atoms with Crippen LogP contribution in [-0.4, -0.2) is 37.1 Å². The summed E-state index contributed by atoms with van der Waals surface area (Å²) in [7, 11) is 1.88. The van der Waals surface area contributed by atoms with E-state index in [-0.39, 0.29) is 5.91 Å². The summed E-state index contributed by atoms with van der Waals surface area (Å²) in [5.74, 6) is 0.839. The predicted octanol–water partition coefficient (Wildman–Crippen LogP) is 2.73. The summed E-state index contributed by atoms with van der Waals surface area (Å²) in [4.78, 5) is 14.6. The predicted molar refractivity (Wildman–Crippen MR) is 76.9 cm³/mol. The molecule has 2 aliphatic rings. The Kier molecular flexibility index (Phi) is 5.04. The van der Waals surface area contributed by atoms with Gasteiger partial charge in [0.15, 0.2) is 0 Å². The number of rotatable bonds is 3. The Morgan fingerprint density at radius 2 is 1.90 bits per heavy atom. The molecule has 1 amide bonds. The molecule has 4 heteroatoms. The number of ether oxygens (including phenoxy) is 1. The van der Waals surface area contributed by atoms with E-state index in [0.717, 1.165) is 18.8 Å². The number of amides is 1. The Balaban J connectivity index is 1.99. The van der Waals surface area contributed by atoms with Gasteiger partial charge in [0.1, 0.15) is 5.41 Å². The second-order valence-electron chi connectivity index (χ2n) is 6.31. The second kappa shape index (κ2) is 6.58. The summed E-state index contributed by atoms with van der Waals surface area (Å²) in [6.45, 7) is 3.29. The topological polar surface area (TPSA) is 53.3 Å². The Morgan fingerprint density at radius 1 is 1.30 bits per heavy atom. The largest absolute Gasteiger partial charge is 0.381 e. The van der Waals surface area contributed by atoms with Crippen molar-refractivity contribution < 1.29 is 9.53 Å². The quantitative estimate of drug-likeness (QED) is 0.797. The van der Waals surface area contributed by atoms with Crippen LogP contribution in [-0.2, 0) is 9.53 Å². The van der Waals surface area contributed by atoms with Crippen molar-refractivity contribution in [2.75, 3.05) is 20.3 Å². The maximum atomic E-state index is 12.7. The molecule has 0 bridgehead atoms. The SMILES string of the molecule is CCC1CCC(N(C)C(=O)C2(C#N)CCOCC2)CC1. The zero-order valence-corrected chi connectivity index (χ0v) is 12.7. The fraction of sp³-hybridized carbons (Fsp3) is 0.875. The van der Waals surface area contributed by atoms with Crippen LogP contribution >= 0.6 is 0 Å². The van der Waals surface area contributed by atoms with Crippen molar-refractivity contribution in [3.8, 4) is 6.07 Å². The van der Waals surface area contributed by atoms with E-state index in [1.807, 2.05) is 11.9 Å². The third-order valence-electron chi connectivity index (χ3n) is 5.23. The monoisotopic (exact) mass is 278 g/mol. The Bertz CT molecular complexity index is 374. The highest BCUT2D eigenvalue weighted by atomic mass is 16.5. The Labute approximate surface area is 122 Å². The molecule has 0 spiro atoms. The highest BCUT2D eigenvalue weighted by Crippen LogP contribution is 2.35. The molecular weight excluding hydrogens is 252 g/mol. The molecule has 20 heavy (non-hydrogen) atoms. The highest BCUT2D eigenvalue weighted by Gasteiger charge is 2.43. The standard InChI is InChI=1S/C16H26N2O2/c1-3-13-4-6-14(7-5-13)18(2)15(19)16(12-17)8-10-20-11-9-16/h13-14H,3-11H2,1-2H3. The van der Waals surface area contributed by atoms with Gasteiger partial charge in [-0.25, -0.2) is 0 Å². The highest BCUT2D eigenvalue weighted by molar-refractivity contribution is 5.85. The lowest BCUT2D eigenvalue weighted by Crippen LogP contribution is -2.49. The molecule has 2 fully saturated rings. The van der Waals surface area contributed by atoms with Crippen LogP contribution in [0.3, 0.4) is 0 Å².